The zero-order chi connectivity index (χ0) is 17.9. The van der Waals surface area contributed by atoms with Crippen molar-refractivity contribution in [2.45, 2.75) is 44.6 Å². The van der Waals surface area contributed by atoms with Crippen LogP contribution in [0, 0.1) is 6.92 Å². The maximum Gasteiger partial charge on any atom is 0.234 e. The van der Waals surface area contributed by atoms with E-state index in [0.29, 0.717) is 18.5 Å². The maximum atomic E-state index is 12.1. The number of nitrogens with zero attached hydrogens (tertiary/aromatic N) is 4. The van der Waals surface area contributed by atoms with Crippen molar-refractivity contribution in [2.24, 2.45) is 0 Å². The van der Waals surface area contributed by atoms with E-state index in [0.717, 1.165) is 82.4 Å². The fraction of sp³-hybridized carbons (Fsp3) is 0.737. The number of morpholine rings is 1. The van der Waals surface area contributed by atoms with Gasteiger partial charge in [-0.25, -0.2) is 9.97 Å². The summed E-state index contributed by atoms with van der Waals surface area (Å²) >= 11 is 0. The smallest absolute Gasteiger partial charge is 0.234 e. The van der Waals surface area contributed by atoms with Crippen LogP contribution in [0.3, 0.4) is 0 Å². The molecule has 7 heteroatoms. The van der Waals surface area contributed by atoms with Crippen LogP contribution < -0.4 is 10.2 Å². The standard InChI is InChI=1S/C19H29N5O2/c1-14-20-17(11-18(21-14)24-7-9-26-10-8-24)15-3-2-6-23(12-15)13-19(25)22-16-4-5-16/h11,15-16H,2-10,12-13H2,1H3,(H,22,25). The molecule has 1 N–H and O–H groups in total. The number of amides is 1. The number of carbonyl (C=O) groups is 1. The second kappa shape index (κ2) is 7.88. The first kappa shape index (κ1) is 17.7. The van der Waals surface area contributed by atoms with E-state index in [1.165, 1.54) is 0 Å². The van der Waals surface area contributed by atoms with Gasteiger partial charge in [0.25, 0.3) is 0 Å². The molecule has 0 radical (unpaired) electrons. The van der Waals surface area contributed by atoms with E-state index < -0.39 is 0 Å². The van der Waals surface area contributed by atoms with E-state index in [2.05, 4.69) is 26.2 Å². The molecule has 4 rings (SSSR count). The molecule has 3 aliphatic rings. The average molecular weight is 359 g/mol. The van der Waals surface area contributed by atoms with Crippen LogP contribution in [-0.4, -0.2) is 72.8 Å². The zero-order valence-corrected chi connectivity index (χ0v) is 15.6. The molecule has 1 unspecified atom stereocenters. The van der Waals surface area contributed by atoms with Crippen LogP contribution in [0.15, 0.2) is 6.07 Å². The normalized spacial score (nSPS) is 24.5. The molecular weight excluding hydrogens is 330 g/mol. The number of likely N-dealkylation sites (tertiary alicyclic amines) is 1. The highest BCUT2D eigenvalue weighted by Gasteiger charge is 2.27. The molecule has 1 amide bonds. The molecule has 0 spiro atoms. The van der Waals surface area contributed by atoms with E-state index in [4.69, 9.17) is 9.72 Å². The molecule has 3 fully saturated rings. The van der Waals surface area contributed by atoms with Gasteiger partial charge in [-0.15, -0.1) is 0 Å². The van der Waals surface area contributed by atoms with Crippen molar-refractivity contribution in [3.8, 4) is 0 Å². The number of hydrogen-bond donors (Lipinski definition) is 1. The van der Waals surface area contributed by atoms with Crippen LogP contribution in [0.2, 0.25) is 0 Å². The second-order valence-electron chi connectivity index (χ2n) is 7.71. The van der Waals surface area contributed by atoms with Crippen LogP contribution in [0.5, 0.6) is 0 Å². The Kier molecular flexibility index (Phi) is 5.36. The van der Waals surface area contributed by atoms with Gasteiger partial charge in [0.2, 0.25) is 5.91 Å². The molecule has 1 aromatic heterocycles. The van der Waals surface area contributed by atoms with Crippen LogP contribution in [0.25, 0.3) is 0 Å². The summed E-state index contributed by atoms with van der Waals surface area (Å²) in [6, 6.07) is 2.58. The first-order valence-corrected chi connectivity index (χ1v) is 9.87. The van der Waals surface area contributed by atoms with E-state index in [1.807, 2.05) is 6.92 Å². The molecule has 2 aliphatic heterocycles. The first-order valence-electron chi connectivity index (χ1n) is 9.87. The minimum absolute atomic E-state index is 0.168. The van der Waals surface area contributed by atoms with Gasteiger partial charge in [-0.3, -0.25) is 9.69 Å². The van der Waals surface area contributed by atoms with Gasteiger partial charge in [0.05, 0.1) is 25.5 Å². The first-order chi connectivity index (χ1) is 12.7. The third kappa shape index (κ3) is 4.51. The number of ether oxygens (including phenoxy) is 1. The number of hydrogen-bond acceptors (Lipinski definition) is 6. The van der Waals surface area contributed by atoms with Crippen molar-refractivity contribution in [3.63, 3.8) is 0 Å². The Labute approximate surface area is 155 Å². The molecule has 0 bridgehead atoms. The predicted octanol–water partition coefficient (Wildman–Crippen LogP) is 1.08. The number of aryl methyl sites for hydroxylation is 1. The maximum absolute atomic E-state index is 12.1. The molecule has 3 heterocycles. The number of piperidine rings is 1. The Balaban J connectivity index is 1.42. The molecule has 1 atom stereocenters. The fourth-order valence-corrected chi connectivity index (χ4v) is 3.88. The molecule has 1 saturated carbocycles. The minimum Gasteiger partial charge on any atom is -0.378 e. The van der Waals surface area contributed by atoms with Gasteiger partial charge in [0, 0.05) is 37.7 Å². The number of nitrogens with one attached hydrogen (secondary N) is 1. The molecule has 0 aromatic carbocycles. The largest absolute Gasteiger partial charge is 0.378 e. The van der Waals surface area contributed by atoms with Crippen molar-refractivity contribution in [1.29, 1.82) is 0 Å². The Hall–Kier alpha value is -1.73. The topological polar surface area (TPSA) is 70.6 Å². The molecular formula is C19H29N5O2. The van der Waals surface area contributed by atoms with Gasteiger partial charge in [0.1, 0.15) is 11.6 Å². The molecule has 26 heavy (non-hydrogen) atoms. The van der Waals surface area contributed by atoms with E-state index in [1.54, 1.807) is 0 Å². The van der Waals surface area contributed by atoms with Crippen molar-refractivity contribution < 1.29 is 9.53 Å². The van der Waals surface area contributed by atoms with Crippen LogP contribution >= 0.6 is 0 Å². The van der Waals surface area contributed by atoms with Gasteiger partial charge in [-0.1, -0.05) is 0 Å². The molecule has 7 nitrogen and oxygen atoms in total. The SMILES string of the molecule is Cc1nc(C2CCCN(CC(=O)NC3CC3)C2)cc(N2CCOCC2)n1. The van der Waals surface area contributed by atoms with Crippen LogP contribution in [-0.2, 0) is 9.53 Å². The van der Waals surface area contributed by atoms with Crippen molar-refractivity contribution in [3.05, 3.63) is 17.6 Å². The molecule has 142 valence electrons. The van der Waals surface area contributed by atoms with E-state index in [9.17, 15) is 4.79 Å². The number of carbonyl (C=O) groups excluding carboxylic acids is 1. The predicted molar refractivity (Wildman–Crippen MR) is 99.4 cm³/mol. The van der Waals surface area contributed by atoms with Crippen molar-refractivity contribution >= 4 is 11.7 Å². The summed E-state index contributed by atoms with van der Waals surface area (Å²) in [4.78, 5) is 26.1. The lowest BCUT2D eigenvalue weighted by molar-refractivity contribution is -0.122. The van der Waals surface area contributed by atoms with Gasteiger partial charge in [-0.2, -0.15) is 0 Å². The lowest BCUT2D eigenvalue weighted by Gasteiger charge is -2.33. The number of rotatable bonds is 5. The van der Waals surface area contributed by atoms with Gasteiger partial charge >= 0.3 is 0 Å². The monoisotopic (exact) mass is 359 g/mol. The van der Waals surface area contributed by atoms with Gasteiger partial charge in [-0.05, 0) is 39.2 Å². The van der Waals surface area contributed by atoms with E-state index in [-0.39, 0.29) is 5.91 Å². The molecule has 1 aliphatic carbocycles. The Morgan fingerprint density at radius 1 is 1.23 bits per heavy atom. The Morgan fingerprint density at radius 3 is 2.81 bits per heavy atom. The quantitative estimate of drug-likeness (QED) is 0.848. The summed E-state index contributed by atoms with van der Waals surface area (Å²) in [5, 5.41) is 3.09. The third-order valence-electron chi connectivity index (χ3n) is 5.41. The Bertz CT molecular complexity index is 643. The van der Waals surface area contributed by atoms with E-state index >= 15 is 0 Å². The van der Waals surface area contributed by atoms with Crippen molar-refractivity contribution in [2.75, 3.05) is 50.8 Å². The summed E-state index contributed by atoms with van der Waals surface area (Å²) in [5.74, 6) is 2.38. The number of anilines is 1. The highest BCUT2D eigenvalue weighted by Crippen LogP contribution is 2.28. The lowest BCUT2D eigenvalue weighted by Crippen LogP contribution is -2.42. The lowest BCUT2D eigenvalue weighted by atomic mass is 9.94. The van der Waals surface area contributed by atoms with Gasteiger partial charge in [0.15, 0.2) is 0 Å². The molecule has 1 aromatic rings. The van der Waals surface area contributed by atoms with Crippen molar-refractivity contribution in [1.82, 2.24) is 20.2 Å². The third-order valence-corrected chi connectivity index (χ3v) is 5.41. The van der Waals surface area contributed by atoms with Crippen LogP contribution in [0.1, 0.15) is 43.1 Å². The zero-order valence-electron chi connectivity index (χ0n) is 15.6. The summed E-state index contributed by atoms with van der Waals surface area (Å²) in [6.45, 7) is 7.65. The summed E-state index contributed by atoms with van der Waals surface area (Å²) in [5.41, 5.74) is 1.12. The summed E-state index contributed by atoms with van der Waals surface area (Å²) in [6.07, 6.45) is 4.51. The summed E-state index contributed by atoms with van der Waals surface area (Å²) in [7, 11) is 0. The Morgan fingerprint density at radius 2 is 2.04 bits per heavy atom. The highest BCUT2D eigenvalue weighted by molar-refractivity contribution is 5.78. The van der Waals surface area contributed by atoms with Gasteiger partial charge < -0.3 is 15.0 Å². The number of aromatic nitrogens is 2. The minimum atomic E-state index is 0.168. The van der Waals surface area contributed by atoms with Crippen LogP contribution in [0.4, 0.5) is 5.82 Å². The average Bonchev–Trinajstić information content (AvgIpc) is 3.46. The molecule has 2 saturated heterocycles. The fourth-order valence-electron chi connectivity index (χ4n) is 3.88. The second-order valence-corrected chi connectivity index (χ2v) is 7.71. The highest BCUT2D eigenvalue weighted by atomic mass is 16.5. The summed E-state index contributed by atoms with van der Waals surface area (Å²) < 4.78 is 5.45.